The lowest BCUT2D eigenvalue weighted by atomic mass is 10.0. The van der Waals surface area contributed by atoms with E-state index in [4.69, 9.17) is 9.47 Å². The second kappa shape index (κ2) is 27.5. The average molecular weight is 661 g/mol. The first-order valence-electron chi connectivity index (χ1n) is 17.6. The summed E-state index contributed by atoms with van der Waals surface area (Å²) in [6, 6.07) is 0.417. The number of hydrogen-bond acceptors (Lipinski definition) is 6. The van der Waals surface area contributed by atoms with Gasteiger partial charge in [-0.1, -0.05) is 74.8 Å². The van der Waals surface area contributed by atoms with E-state index in [2.05, 4.69) is 76.8 Å². The number of carbonyl (C=O) groups is 3. The number of amides is 4. The molecule has 4 amide bonds. The number of allylic oxidation sites excluding steroid dienone is 8. The molecule has 4 N–H and O–H groups in total. The van der Waals surface area contributed by atoms with E-state index < -0.39 is 0 Å². The summed E-state index contributed by atoms with van der Waals surface area (Å²) in [7, 11) is 0. The summed E-state index contributed by atoms with van der Waals surface area (Å²) in [5.74, 6) is 1.06. The van der Waals surface area contributed by atoms with Crippen LogP contribution in [0.25, 0.3) is 0 Å². The summed E-state index contributed by atoms with van der Waals surface area (Å²) in [6.45, 7) is 5.00. The van der Waals surface area contributed by atoms with E-state index in [1.807, 2.05) is 11.8 Å². The number of rotatable bonds is 28. The van der Waals surface area contributed by atoms with Gasteiger partial charge in [0.15, 0.2) is 0 Å². The number of urea groups is 1. The van der Waals surface area contributed by atoms with Crippen LogP contribution in [0.1, 0.15) is 96.8 Å². The molecule has 0 aromatic heterocycles. The Morgan fingerprint density at radius 3 is 1.91 bits per heavy atom. The third-order valence-electron chi connectivity index (χ3n) is 7.82. The molecule has 260 valence electrons. The third-order valence-corrected chi connectivity index (χ3v) is 9.33. The Morgan fingerprint density at radius 2 is 1.30 bits per heavy atom. The average Bonchev–Trinajstić information content (AvgIpc) is 3.60. The van der Waals surface area contributed by atoms with Crippen LogP contribution in [0.2, 0.25) is 0 Å². The fraction of sp³-hybridized carbons (Fsp3) is 0.694. The maximum atomic E-state index is 12.0. The van der Waals surface area contributed by atoms with Crippen molar-refractivity contribution in [3.05, 3.63) is 48.6 Å². The van der Waals surface area contributed by atoms with Gasteiger partial charge in [0.1, 0.15) is 0 Å². The summed E-state index contributed by atoms with van der Waals surface area (Å²) in [6.07, 6.45) is 31.3. The SMILES string of the molecule is CCCCC/C=C\C/C=C\C/C=C\C/C=C\CCCC(=O)NCCOCCOCCNC(=O)CCCC[C@@H]1SC[C@@H]2NC(=O)N[C@@H]21. The van der Waals surface area contributed by atoms with E-state index in [9.17, 15) is 14.4 Å². The summed E-state index contributed by atoms with van der Waals surface area (Å²) >= 11 is 1.90. The zero-order chi connectivity index (χ0) is 32.9. The summed E-state index contributed by atoms with van der Waals surface area (Å²) in [5, 5.41) is 12.2. The van der Waals surface area contributed by atoms with Crippen LogP contribution in [0.4, 0.5) is 4.79 Å². The van der Waals surface area contributed by atoms with Gasteiger partial charge in [0, 0.05) is 36.9 Å². The van der Waals surface area contributed by atoms with Crippen molar-refractivity contribution >= 4 is 29.6 Å². The van der Waals surface area contributed by atoms with Crippen LogP contribution >= 0.6 is 11.8 Å². The van der Waals surface area contributed by atoms with Gasteiger partial charge < -0.3 is 30.7 Å². The minimum Gasteiger partial charge on any atom is -0.377 e. The molecule has 0 unspecified atom stereocenters. The van der Waals surface area contributed by atoms with Crippen molar-refractivity contribution in [2.75, 3.05) is 45.3 Å². The molecule has 0 aliphatic carbocycles. The predicted octanol–water partition coefficient (Wildman–Crippen LogP) is 6.12. The second-order valence-corrected chi connectivity index (χ2v) is 13.0. The van der Waals surface area contributed by atoms with Crippen LogP contribution in [0.15, 0.2) is 48.6 Å². The molecule has 2 rings (SSSR count). The summed E-state index contributed by atoms with van der Waals surface area (Å²) in [5.41, 5.74) is 0. The van der Waals surface area contributed by atoms with Crippen molar-refractivity contribution in [2.45, 2.75) is 114 Å². The predicted molar refractivity (Wildman–Crippen MR) is 190 cm³/mol. The maximum absolute atomic E-state index is 12.0. The first-order chi connectivity index (χ1) is 22.6. The molecule has 0 aromatic carbocycles. The van der Waals surface area contributed by atoms with E-state index in [1.165, 1.54) is 25.7 Å². The van der Waals surface area contributed by atoms with Crippen molar-refractivity contribution in [1.29, 1.82) is 0 Å². The standard InChI is InChI=1S/C36H60N4O5S/c1-2-3-4-5-6-7-8-9-10-11-12-13-14-15-16-17-18-22-33(41)37-24-26-44-28-29-45-27-25-38-34(42)23-20-19-21-32-35-31(30-46-32)39-36(43)40-35/h6-7,9-10,12-13,15-16,31-32,35H,2-5,8,11,14,17-30H2,1H3,(H,37,41)(H,38,42)(H2,39,40,43)/b7-6-,10-9-,13-12-,16-15-/t31-,32-,35-/m0/s1. The Bertz CT molecular complexity index is 955. The largest absolute Gasteiger partial charge is 0.377 e. The van der Waals surface area contributed by atoms with Crippen molar-refractivity contribution in [1.82, 2.24) is 21.3 Å². The Hall–Kier alpha value is -2.56. The Kier molecular flexibility index (Phi) is 23.7. The van der Waals surface area contributed by atoms with E-state index in [1.54, 1.807) is 0 Å². The van der Waals surface area contributed by atoms with E-state index in [0.717, 1.165) is 57.1 Å². The fourth-order valence-corrected chi connectivity index (χ4v) is 6.78. The first-order valence-corrected chi connectivity index (χ1v) is 18.6. The van der Waals surface area contributed by atoms with Gasteiger partial charge in [-0.05, 0) is 57.8 Å². The van der Waals surface area contributed by atoms with Crippen molar-refractivity contribution in [3.8, 4) is 0 Å². The Morgan fingerprint density at radius 1 is 0.739 bits per heavy atom. The van der Waals surface area contributed by atoms with Crippen LogP contribution in [0.5, 0.6) is 0 Å². The number of ether oxygens (including phenoxy) is 2. The molecule has 0 radical (unpaired) electrons. The normalized spacial score (nSPS) is 19.4. The topological polar surface area (TPSA) is 118 Å². The number of unbranched alkanes of at least 4 members (excludes halogenated alkanes) is 5. The Labute approximate surface area is 282 Å². The molecule has 3 atom stereocenters. The van der Waals surface area contributed by atoms with E-state index in [-0.39, 0.29) is 29.9 Å². The molecule has 0 saturated carbocycles. The van der Waals surface area contributed by atoms with Crippen LogP contribution in [0, 0.1) is 0 Å². The molecular weight excluding hydrogens is 600 g/mol. The van der Waals surface area contributed by atoms with Crippen LogP contribution in [0.3, 0.4) is 0 Å². The highest BCUT2D eigenvalue weighted by Crippen LogP contribution is 2.33. The van der Waals surface area contributed by atoms with Gasteiger partial charge in [0.05, 0.1) is 38.5 Å². The van der Waals surface area contributed by atoms with Crippen LogP contribution < -0.4 is 21.3 Å². The molecule has 9 nitrogen and oxygen atoms in total. The van der Waals surface area contributed by atoms with Crippen LogP contribution in [-0.2, 0) is 19.1 Å². The van der Waals surface area contributed by atoms with E-state index in [0.29, 0.717) is 57.6 Å². The first kappa shape index (κ1) is 39.6. The summed E-state index contributed by atoms with van der Waals surface area (Å²) in [4.78, 5) is 35.5. The number of carbonyl (C=O) groups excluding carboxylic acids is 3. The lowest BCUT2D eigenvalue weighted by molar-refractivity contribution is -0.122. The zero-order valence-corrected chi connectivity index (χ0v) is 29.0. The highest BCUT2D eigenvalue weighted by molar-refractivity contribution is 8.00. The zero-order valence-electron chi connectivity index (χ0n) is 28.1. The highest BCUT2D eigenvalue weighted by atomic mass is 32.2. The van der Waals surface area contributed by atoms with Crippen molar-refractivity contribution in [3.63, 3.8) is 0 Å². The second-order valence-electron chi connectivity index (χ2n) is 11.8. The molecule has 0 spiro atoms. The van der Waals surface area contributed by atoms with E-state index >= 15 is 0 Å². The van der Waals surface area contributed by atoms with Gasteiger partial charge in [-0.2, -0.15) is 11.8 Å². The number of fused-ring (bicyclic) bond motifs is 1. The van der Waals surface area contributed by atoms with Gasteiger partial charge in [-0.25, -0.2) is 4.79 Å². The van der Waals surface area contributed by atoms with Gasteiger partial charge >= 0.3 is 6.03 Å². The Balaban J connectivity index is 1.27. The lowest BCUT2D eigenvalue weighted by Gasteiger charge is -2.16. The van der Waals surface area contributed by atoms with Crippen LogP contribution in [-0.4, -0.2) is 80.4 Å². The molecular formula is C36H60N4O5S. The molecule has 2 fully saturated rings. The van der Waals surface area contributed by atoms with Gasteiger partial charge in [0.25, 0.3) is 0 Å². The number of thioether (sulfide) groups is 1. The molecule has 10 heteroatoms. The smallest absolute Gasteiger partial charge is 0.315 e. The monoisotopic (exact) mass is 660 g/mol. The van der Waals surface area contributed by atoms with Crippen molar-refractivity contribution in [2.24, 2.45) is 0 Å². The summed E-state index contributed by atoms with van der Waals surface area (Å²) < 4.78 is 11.0. The highest BCUT2D eigenvalue weighted by Gasteiger charge is 2.42. The molecule has 2 aliphatic heterocycles. The maximum Gasteiger partial charge on any atom is 0.315 e. The minimum atomic E-state index is -0.0576. The minimum absolute atomic E-state index is 0.0440. The van der Waals surface area contributed by atoms with Gasteiger partial charge in [-0.15, -0.1) is 0 Å². The molecule has 2 saturated heterocycles. The van der Waals surface area contributed by atoms with Gasteiger partial charge in [0.2, 0.25) is 11.8 Å². The molecule has 0 bridgehead atoms. The quantitative estimate of drug-likeness (QED) is 0.0456. The molecule has 46 heavy (non-hydrogen) atoms. The number of hydrogen-bond donors (Lipinski definition) is 4. The molecule has 2 heterocycles. The third kappa shape index (κ3) is 20.5. The molecule has 2 aliphatic rings. The van der Waals surface area contributed by atoms with Crippen molar-refractivity contribution < 1.29 is 23.9 Å². The molecule has 0 aromatic rings. The number of nitrogens with one attached hydrogen (secondary N) is 4. The van der Waals surface area contributed by atoms with Gasteiger partial charge in [-0.3, -0.25) is 9.59 Å². The fourth-order valence-electron chi connectivity index (χ4n) is 5.24. The lowest BCUT2D eigenvalue weighted by Crippen LogP contribution is -2.36.